The van der Waals surface area contributed by atoms with Crippen LogP contribution in [0.15, 0.2) is 36.9 Å². The van der Waals surface area contributed by atoms with Crippen LogP contribution in [0.2, 0.25) is 0 Å². The smallest absolute Gasteiger partial charge is 0.310 e. The van der Waals surface area contributed by atoms with E-state index in [9.17, 15) is 24.6 Å². The van der Waals surface area contributed by atoms with Crippen molar-refractivity contribution in [2.24, 2.45) is 11.8 Å². The zero-order valence-electron chi connectivity index (χ0n) is 18.2. The molecule has 34 heavy (non-hydrogen) atoms. The lowest BCUT2D eigenvalue weighted by Gasteiger charge is -2.36. The number of carboxylic acids is 1. The van der Waals surface area contributed by atoms with E-state index in [4.69, 9.17) is 4.74 Å². The molecular formula is C22H24BrN5O6. The van der Waals surface area contributed by atoms with E-state index < -0.39 is 47.4 Å². The first-order valence-electron chi connectivity index (χ1n) is 11.0. The molecule has 4 heterocycles. The Hall–Kier alpha value is -2.83. The summed E-state index contributed by atoms with van der Waals surface area (Å²) in [4.78, 5) is 42.0. The van der Waals surface area contributed by atoms with Gasteiger partial charge in [0, 0.05) is 17.9 Å². The van der Waals surface area contributed by atoms with Crippen LogP contribution in [0, 0.1) is 11.8 Å². The summed E-state index contributed by atoms with van der Waals surface area (Å²) in [7, 11) is 0. The Kier molecular flexibility index (Phi) is 5.69. The van der Waals surface area contributed by atoms with Gasteiger partial charge in [0.05, 0.1) is 30.1 Å². The molecule has 2 amide bonds. The van der Waals surface area contributed by atoms with Crippen LogP contribution in [-0.2, 0) is 25.8 Å². The predicted octanol–water partition coefficient (Wildman–Crippen LogP) is 0.228. The maximum atomic E-state index is 14.0. The number of carboxylic acid groups (broad SMARTS) is 1. The molecule has 180 valence electrons. The number of aromatic nitrogens is 3. The third kappa shape index (κ3) is 3.19. The third-order valence-electron chi connectivity index (χ3n) is 7.04. The van der Waals surface area contributed by atoms with Gasteiger partial charge in [0.2, 0.25) is 11.8 Å². The lowest BCUT2D eigenvalue weighted by molar-refractivity contribution is -0.151. The molecule has 2 aromatic rings. The van der Waals surface area contributed by atoms with Crippen molar-refractivity contribution in [3.8, 4) is 0 Å². The molecule has 6 atom stereocenters. The number of benzene rings is 1. The van der Waals surface area contributed by atoms with Crippen LogP contribution in [0.4, 0.5) is 0 Å². The highest BCUT2D eigenvalue weighted by Gasteiger charge is 2.76. The van der Waals surface area contributed by atoms with Crippen molar-refractivity contribution in [1.29, 1.82) is 0 Å². The Morgan fingerprint density at radius 1 is 1.38 bits per heavy atom. The van der Waals surface area contributed by atoms with Gasteiger partial charge in [0.25, 0.3) is 0 Å². The molecule has 2 N–H and O–H groups in total. The van der Waals surface area contributed by atoms with Gasteiger partial charge in [-0.25, -0.2) is 4.68 Å². The summed E-state index contributed by atoms with van der Waals surface area (Å²) in [6, 6.07) is 6.26. The maximum absolute atomic E-state index is 14.0. The fourth-order valence-electron chi connectivity index (χ4n) is 5.77. The molecule has 3 fully saturated rings. The highest BCUT2D eigenvalue weighted by Crippen LogP contribution is 2.60. The van der Waals surface area contributed by atoms with Crippen LogP contribution in [-0.4, -0.2) is 95.1 Å². The summed E-state index contributed by atoms with van der Waals surface area (Å²) in [6.07, 6.45) is 1.16. The summed E-state index contributed by atoms with van der Waals surface area (Å²) in [5, 5.41) is 27.8. The van der Waals surface area contributed by atoms with Gasteiger partial charge in [-0.05, 0) is 18.6 Å². The Balaban J connectivity index is 1.54. The predicted molar refractivity (Wildman–Crippen MR) is 122 cm³/mol. The van der Waals surface area contributed by atoms with E-state index >= 15 is 0 Å². The third-order valence-corrected chi connectivity index (χ3v) is 7.88. The number of fused-ring (bicyclic) bond motifs is 2. The number of ether oxygens (including phenoxy) is 1. The fraction of sp³-hybridized carbons (Fsp3) is 0.500. The standard InChI is InChI=1S/C22H24BrN5O6/c1-2-7-26(11-28-14-6-4-3-5-13(14)24-25-28)20(31)18-22-10-12(23)17(34-22)15(21(32)33)16(22)19(30)27(18)8-9-29/h2-6,12,15-18,29H,1,7-11H2,(H,32,33)/t12?,15-,16+,17-,18-,22+/m0/s1. The molecule has 1 aromatic carbocycles. The number of halogens is 1. The van der Waals surface area contributed by atoms with Gasteiger partial charge in [0.1, 0.15) is 23.8 Å². The number of alkyl halides is 1. The van der Waals surface area contributed by atoms with Crippen molar-refractivity contribution < 1.29 is 29.3 Å². The molecule has 11 nitrogen and oxygen atoms in total. The number of likely N-dealkylation sites (tertiary alicyclic amines) is 1. The summed E-state index contributed by atoms with van der Waals surface area (Å²) < 4.78 is 7.79. The number of hydrogen-bond acceptors (Lipinski definition) is 7. The summed E-state index contributed by atoms with van der Waals surface area (Å²) >= 11 is 3.50. The lowest BCUT2D eigenvalue weighted by Crippen LogP contribution is -2.57. The molecule has 12 heteroatoms. The molecule has 1 unspecified atom stereocenters. The Morgan fingerprint density at radius 2 is 2.15 bits per heavy atom. The van der Waals surface area contributed by atoms with Crippen LogP contribution in [0.25, 0.3) is 11.0 Å². The van der Waals surface area contributed by atoms with Crippen LogP contribution in [0.3, 0.4) is 0 Å². The molecule has 3 aliphatic heterocycles. The first kappa shape index (κ1) is 22.9. The minimum absolute atomic E-state index is 0.0489. The van der Waals surface area contributed by atoms with Gasteiger partial charge in [-0.3, -0.25) is 14.4 Å². The number of aliphatic carboxylic acids is 1. The molecular weight excluding hydrogens is 510 g/mol. The number of carbonyl (C=O) groups is 3. The normalized spacial score (nSPS) is 31.8. The number of aliphatic hydroxyl groups excluding tert-OH is 1. The van der Waals surface area contributed by atoms with Crippen molar-refractivity contribution in [3.05, 3.63) is 36.9 Å². The molecule has 2 bridgehead atoms. The average molecular weight is 534 g/mol. The van der Waals surface area contributed by atoms with Crippen LogP contribution in [0.1, 0.15) is 6.42 Å². The first-order chi connectivity index (χ1) is 16.3. The monoisotopic (exact) mass is 533 g/mol. The van der Waals surface area contributed by atoms with Gasteiger partial charge in [0.15, 0.2) is 0 Å². The molecule has 0 radical (unpaired) electrons. The van der Waals surface area contributed by atoms with Crippen molar-refractivity contribution in [3.63, 3.8) is 0 Å². The van der Waals surface area contributed by atoms with E-state index in [1.165, 1.54) is 9.80 Å². The molecule has 1 spiro atoms. The van der Waals surface area contributed by atoms with Crippen LogP contribution < -0.4 is 0 Å². The number of aliphatic hydroxyl groups is 1. The molecule has 5 rings (SSSR count). The SMILES string of the molecule is C=CCN(Cn1nnc2ccccc21)C(=O)[C@@H]1N(CCO)C(=O)[C@H]2[C@H](C(=O)O)[C@H]3O[C@@]12CC3Br. The number of nitrogens with zero attached hydrogens (tertiary/aromatic N) is 5. The maximum Gasteiger partial charge on any atom is 0.310 e. The quantitative estimate of drug-likeness (QED) is 0.363. The van der Waals surface area contributed by atoms with E-state index in [0.717, 1.165) is 5.52 Å². The highest BCUT2D eigenvalue weighted by atomic mass is 79.9. The Bertz CT molecular complexity index is 1170. The van der Waals surface area contributed by atoms with E-state index in [2.05, 4.69) is 32.8 Å². The zero-order chi connectivity index (χ0) is 24.2. The minimum Gasteiger partial charge on any atom is -0.481 e. The number of rotatable bonds is 8. The highest BCUT2D eigenvalue weighted by molar-refractivity contribution is 9.09. The molecule has 3 aliphatic rings. The molecule has 1 aromatic heterocycles. The Morgan fingerprint density at radius 3 is 2.85 bits per heavy atom. The van der Waals surface area contributed by atoms with Crippen molar-refractivity contribution >= 4 is 44.7 Å². The van der Waals surface area contributed by atoms with Crippen molar-refractivity contribution in [1.82, 2.24) is 24.8 Å². The summed E-state index contributed by atoms with van der Waals surface area (Å²) in [6.45, 7) is 3.49. The fourth-order valence-corrected chi connectivity index (χ4v) is 6.71. The van der Waals surface area contributed by atoms with Gasteiger partial charge < -0.3 is 24.7 Å². The number of amides is 2. The van der Waals surface area contributed by atoms with E-state index in [-0.39, 0.29) is 31.2 Å². The van der Waals surface area contributed by atoms with E-state index in [1.54, 1.807) is 10.8 Å². The number of para-hydroxylation sites is 1. The average Bonchev–Trinajstić information content (AvgIpc) is 3.51. The van der Waals surface area contributed by atoms with E-state index in [0.29, 0.717) is 11.9 Å². The largest absolute Gasteiger partial charge is 0.481 e. The van der Waals surface area contributed by atoms with Crippen LogP contribution in [0.5, 0.6) is 0 Å². The van der Waals surface area contributed by atoms with E-state index in [1.807, 2.05) is 24.3 Å². The summed E-state index contributed by atoms with van der Waals surface area (Å²) in [5.41, 5.74) is 0.114. The first-order valence-corrected chi connectivity index (χ1v) is 11.9. The van der Waals surface area contributed by atoms with Crippen LogP contribution >= 0.6 is 15.9 Å². The van der Waals surface area contributed by atoms with Crippen molar-refractivity contribution in [2.45, 2.75) is 35.7 Å². The molecule has 0 saturated carbocycles. The number of carbonyl (C=O) groups excluding carboxylic acids is 2. The van der Waals surface area contributed by atoms with Gasteiger partial charge in [-0.2, -0.15) is 0 Å². The molecule has 0 aliphatic carbocycles. The second-order valence-electron chi connectivity index (χ2n) is 8.83. The number of β-amino-alcohol motifs (C(OH)–C–C–N with tert-alkyl or cyclic N) is 1. The second-order valence-corrected chi connectivity index (χ2v) is 10.0. The molecule has 3 saturated heterocycles. The topological polar surface area (TPSA) is 138 Å². The van der Waals surface area contributed by atoms with Gasteiger partial charge in [-0.15, -0.1) is 11.7 Å². The lowest BCUT2D eigenvalue weighted by atomic mass is 9.70. The Labute approximate surface area is 203 Å². The summed E-state index contributed by atoms with van der Waals surface area (Å²) in [5.74, 6) is -4.11. The van der Waals surface area contributed by atoms with Gasteiger partial charge >= 0.3 is 5.97 Å². The second kappa shape index (κ2) is 8.43. The van der Waals surface area contributed by atoms with Gasteiger partial charge in [-0.1, -0.05) is 39.4 Å². The number of hydrogen-bond donors (Lipinski definition) is 2. The zero-order valence-corrected chi connectivity index (χ0v) is 19.7. The minimum atomic E-state index is -1.30. The van der Waals surface area contributed by atoms with Crippen molar-refractivity contribution in [2.75, 3.05) is 19.7 Å².